The first-order valence-corrected chi connectivity index (χ1v) is 15.0. The minimum atomic E-state index is -0.844. The second-order valence-electron chi connectivity index (χ2n) is 11.4. The molecule has 2 fully saturated rings. The Bertz CT molecular complexity index is 1690. The lowest BCUT2D eigenvalue weighted by Gasteiger charge is -2.57. The number of hydrogen-bond acceptors (Lipinski definition) is 5. The molecule has 2 heterocycles. The molecule has 2 aliphatic heterocycles. The van der Waals surface area contributed by atoms with Gasteiger partial charge < -0.3 is 20.2 Å². The monoisotopic (exact) mass is 611 g/mol. The predicted molar refractivity (Wildman–Crippen MR) is 168 cm³/mol. The lowest BCUT2D eigenvalue weighted by molar-refractivity contribution is -0.196. The molecule has 226 valence electrons. The highest BCUT2D eigenvalue weighted by Crippen LogP contribution is 2.33. The molecule has 2 N–H and O–H groups in total. The number of rotatable bonds is 6. The van der Waals surface area contributed by atoms with Crippen molar-refractivity contribution >= 4 is 40.2 Å². The summed E-state index contributed by atoms with van der Waals surface area (Å²) in [7, 11) is 1.71. The summed E-state index contributed by atoms with van der Waals surface area (Å²) in [5.41, 5.74) is 2.66. The summed E-state index contributed by atoms with van der Waals surface area (Å²) < 4.78 is 0. The van der Waals surface area contributed by atoms with Crippen molar-refractivity contribution < 1.29 is 19.5 Å². The quantitative estimate of drug-likeness (QED) is 0.328. The van der Waals surface area contributed by atoms with E-state index in [1.807, 2.05) is 61.5 Å². The number of nitrogens with zero attached hydrogens (tertiary/aromatic N) is 4. The number of carbonyl (C=O) groups is 3. The van der Waals surface area contributed by atoms with Crippen LogP contribution in [-0.2, 0) is 29.1 Å². The van der Waals surface area contributed by atoms with Crippen LogP contribution in [0.5, 0.6) is 5.75 Å². The van der Waals surface area contributed by atoms with Crippen molar-refractivity contribution in [3.05, 3.63) is 113 Å². The Morgan fingerprint density at radius 3 is 2.36 bits per heavy atom. The Hall–Kier alpha value is -4.60. The van der Waals surface area contributed by atoms with Crippen LogP contribution in [0.4, 0.5) is 4.79 Å². The van der Waals surface area contributed by atoms with Gasteiger partial charge in [0.15, 0.2) is 0 Å². The first-order chi connectivity index (χ1) is 21.2. The molecule has 0 radical (unpaired) electrons. The van der Waals surface area contributed by atoms with Crippen molar-refractivity contribution in [1.82, 2.24) is 25.1 Å². The molecular weight excluding hydrogens is 578 g/mol. The predicted octanol–water partition coefficient (Wildman–Crippen LogP) is 4.77. The van der Waals surface area contributed by atoms with Gasteiger partial charge in [0.05, 0.1) is 12.6 Å². The second kappa shape index (κ2) is 12.2. The van der Waals surface area contributed by atoms with Crippen molar-refractivity contribution in [2.24, 2.45) is 0 Å². The summed E-state index contributed by atoms with van der Waals surface area (Å²) >= 11 is 6.03. The van der Waals surface area contributed by atoms with Gasteiger partial charge in [-0.05, 0) is 58.7 Å². The molecule has 0 unspecified atom stereocenters. The Morgan fingerprint density at radius 2 is 1.61 bits per heavy atom. The number of phenols is 1. The highest BCUT2D eigenvalue weighted by molar-refractivity contribution is 6.30. The fraction of sp³-hybridized carbons (Fsp3) is 0.265. The topological polar surface area (TPSA) is 96.4 Å². The van der Waals surface area contributed by atoms with Gasteiger partial charge in [-0.25, -0.2) is 14.8 Å². The van der Waals surface area contributed by atoms with Crippen LogP contribution in [0.25, 0.3) is 10.8 Å². The van der Waals surface area contributed by atoms with Gasteiger partial charge >= 0.3 is 6.03 Å². The Morgan fingerprint density at radius 1 is 0.932 bits per heavy atom. The van der Waals surface area contributed by atoms with E-state index in [0.717, 1.165) is 27.5 Å². The zero-order valence-electron chi connectivity index (χ0n) is 24.6. The van der Waals surface area contributed by atoms with Crippen molar-refractivity contribution in [2.75, 3.05) is 13.6 Å². The Labute approximate surface area is 261 Å². The van der Waals surface area contributed by atoms with Crippen LogP contribution in [0, 0.1) is 0 Å². The van der Waals surface area contributed by atoms with Crippen molar-refractivity contribution in [2.45, 2.75) is 44.7 Å². The molecule has 4 amide bonds. The van der Waals surface area contributed by atoms with Crippen LogP contribution in [0.2, 0.25) is 5.02 Å². The number of benzene rings is 4. The zero-order valence-corrected chi connectivity index (χ0v) is 25.3. The number of nitrogens with one attached hydrogen (secondary N) is 1. The number of aromatic hydroxyl groups is 1. The molecule has 9 nitrogen and oxygen atoms in total. The van der Waals surface area contributed by atoms with Crippen LogP contribution in [0.3, 0.4) is 0 Å². The number of urea groups is 1. The van der Waals surface area contributed by atoms with Crippen LogP contribution in [-0.4, -0.2) is 74.6 Å². The first-order valence-electron chi connectivity index (χ1n) is 14.6. The molecule has 0 bridgehead atoms. The van der Waals surface area contributed by atoms with Crippen molar-refractivity contribution in [3.63, 3.8) is 0 Å². The molecule has 2 aliphatic rings. The highest BCUT2D eigenvalue weighted by Gasteiger charge is 2.54. The zero-order chi connectivity index (χ0) is 31.0. The number of piperazine rings is 1. The standard InChI is InChI=1S/C34H34ClN5O4/c1-22-32-39(31(42)21-37(2)40(32)34(44)36-19-24-10-14-27(35)15-11-24)30(18-23-12-16-28(41)17-13-23)33(43)38(22)20-26-8-5-7-25-6-3-4-9-29(25)26/h3-17,22,30,32,41H,18-21H2,1-2H3,(H,36,44)/t22-,30-,32-/m0/s1. The normalized spacial score (nSPS) is 20.6. The van der Waals surface area contributed by atoms with Crippen LogP contribution >= 0.6 is 11.6 Å². The van der Waals surface area contributed by atoms with E-state index >= 15 is 0 Å². The maximum atomic E-state index is 14.4. The molecule has 0 spiro atoms. The van der Waals surface area contributed by atoms with E-state index in [0.29, 0.717) is 11.6 Å². The van der Waals surface area contributed by atoms with Gasteiger partial charge in [0.25, 0.3) is 0 Å². The average Bonchev–Trinajstić information content (AvgIpc) is 3.02. The number of carbonyl (C=O) groups excluding carboxylic acids is 3. The number of halogens is 1. The number of hydrazine groups is 1. The molecule has 0 aromatic heterocycles. The summed E-state index contributed by atoms with van der Waals surface area (Å²) in [5.74, 6) is -0.297. The average molecular weight is 612 g/mol. The SMILES string of the molecule is C[C@H]1[C@H]2N(C(=O)CN(C)N2C(=O)NCc2ccc(Cl)cc2)[C@@H](Cc2ccc(O)cc2)C(=O)N1Cc1cccc2ccccc12. The van der Waals surface area contributed by atoms with E-state index in [-0.39, 0.29) is 43.1 Å². The number of hydrogen-bond donors (Lipinski definition) is 2. The molecule has 0 saturated carbocycles. The molecule has 4 aromatic rings. The van der Waals surface area contributed by atoms with E-state index in [2.05, 4.69) is 5.32 Å². The lowest BCUT2D eigenvalue weighted by atomic mass is 9.94. The highest BCUT2D eigenvalue weighted by atomic mass is 35.5. The molecular formula is C34H34ClN5O4. The summed E-state index contributed by atoms with van der Waals surface area (Å²) in [6, 6.07) is 26.2. The van der Waals surface area contributed by atoms with Gasteiger partial charge in [-0.1, -0.05) is 78.3 Å². The maximum absolute atomic E-state index is 14.4. The summed E-state index contributed by atoms with van der Waals surface area (Å²) in [6.45, 7) is 2.42. The third kappa shape index (κ3) is 5.68. The fourth-order valence-corrected chi connectivity index (χ4v) is 6.43. The Balaban J connectivity index is 1.37. The third-order valence-electron chi connectivity index (χ3n) is 8.53. The summed E-state index contributed by atoms with van der Waals surface area (Å²) in [4.78, 5) is 45.3. The van der Waals surface area contributed by atoms with Crippen LogP contribution in [0.1, 0.15) is 23.6 Å². The number of amides is 4. The van der Waals surface area contributed by atoms with E-state index in [1.54, 1.807) is 63.3 Å². The van der Waals surface area contributed by atoms with Crippen LogP contribution < -0.4 is 5.32 Å². The Kier molecular flexibility index (Phi) is 8.16. The second-order valence-corrected chi connectivity index (χ2v) is 11.8. The molecule has 3 atom stereocenters. The third-order valence-corrected chi connectivity index (χ3v) is 8.79. The van der Waals surface area contributed by atoms with Gasteiger partial charge in [-0.2, -0.15) is 0 Å². The largest absolute Gasteiger partial charge is 0.508 e. The number of phenolic OH excluding ortho intramolecular Hbond substituents is 1. The lowest BCUT2D eigenvalue weighted by Crippen LogP contribution is -2.78. The minimum absolute atomic E-state index is 0.0553. The molecule has 4 aromatic carbocycles. The summed E-state index contributed by atoms with van der Waals surface area (Å²) in [6.07, 6.45) is -0.509. The van der Waals surface area contributed by atoms with Gasteiger partial charge in [-0.3, -0.25) is 9.59 Å². The van der Waals surface area contributed by atoms with E-state index in [9.17, 15) is 19.5 Å². The van der Waals surface area contributed by atoms with E-state index in [1.165, 1.54) is 0 Å². The van der Waals surface area contributed by atoms with Gasteiger partial charge in [0, 0.05) is 31.6 Å². The molecule has 44 heavy (non-hydrogen) atoms. The van der Waals surface area contributed by atoms with Gasteiger partial charge in [-0.15, -0.1) is 0 Å². The molecule has 6 rings (SSSR count). The molecule has 2 saturated heterocycles. The number of likely N-dealkylation sites (N-methyl/N-ethyl adjacent to an activating group) is 1. The van der Waals surface area contributed by atoms with Crippen molar-refractivity contribution in [3.8, 4) is 5.75 Å². The maximum Gasteiger partial charge on any atom is 0.334 e. The number of fused-ring (bicyclic) bond motifs is 2. The fourth-order valence-electron chi connectivity index (χ4n) is 6.30. The smallest absolute Gasteiger partial charge is 0.334 e. The minimum Gasteiger partial charge on any atom is -0.508 e. The summed E-state index contributed by atoms with van der Waals surface area (Å²) in [5, 5.41) is 18.7. The van der Waals surface area contributed by atoms with Gasteiger partial charge in [0.2, 0.25) is 11.8 Å². The first kappa shape index (κ1) is 29.5. The van der Waals surface area contributed by atoms with Gasteiger partial charge in [0.1, 0.15) is 18.0 Å². The van der Waals surface area contributed by atoms with Crippen LogP contribution in [0.15, 0.2) is 91.0 Å². The van der Waals surface area contributed by atoms with E-state index in [4.69, 9.17) is 11.6 Å². The molecule has 0 aliphatic carbocycles. The van der Waals surface area contributed by atoms with E-state index < -0.39 is 18.2 Å². The molecule has 10 heteroatoms. The van der Waals surface area contributed by atoms with Crippen molar-refractivity contribution in [1.29, 1.82) is 0 Å².